The Morgan fingerprint density at radius 1 is 1.53 bits per heavy atom. The van der Waals surface area contributed by atoms with E-state index in [0.29, 0.717) is 10.8 Å². The molecule has 1 atom stereocenters. The molecule has 0 aliphatic carbocycles. The molecule has 0 saturated carbocycles. The molecule has 1 N–H and O–H groups in total. The summed E-state index contributed by atoms with van der Waals surface area (Å²) in [5, 5.41) is 14.5. The van der Waals surface area contributed by atoms with Crippen LogP contribution in [0.15, 0.2) is 18.2 Å². The molecule has 92 valence electrons. The second kappa shape index (κ2) is 5.21. The van der Waals surface area contributed by atoms with Crippen molar-refractivity contribution in [3.8, 4) is 0 Å². The Bertz CT molecular complexity index is 506. The van der Waals surface area contributed by atoms with Crippen LogP contribution in [0.3, 0.4) is 0 Å². The zero-order valence-corrected chi connectivity index (χ0v) is 11.4. The summed E-state index contributed by atoms with van der Waals surface area (Å²) < 4.78 is 2.54. The van der Waals surface area contributed by atoms with Gasteiger partial charge in [0.05, 0.1) is 16.1 Å². The van der Waals surface area contributed by atoms with Gasteiger partial charge in [0.2, 0.25) is 0 Å². The van der Waals surface area contributed by atoms with Crippen LogP contribution >= 0.6 is 22.9 Å². The third kappa shape index (κ3) is 2.89. The Morgan fingerprint density at radius 2 is 2.29 bits per heavy atom. The highest BCUT2D eigenvalue weighted by molar-refractivity contribution is 7.16. The predicted octanol–water partition coefficient (Wildman–Crippen LogP) is 2.97. The van der Waals surface area contributed by atoms with E-state index in [4.69, 9.17) is 11.6 Å². The number of halogens is 1. The highest BCUT2D eigenvalue weighted by Gasteiger charge is 2.14. The first kappa shape index (κ1) is 12.6. The normalized spacial score (nSPS) is 12.9. The van der Waals surface area contributed by atoms with Crippen molar-refractivity contribution in [2.75, 3.05) is 0 Å². The Balaban J connectivity index is 2.12. The molecule has 0 aromatic carbocycles. The standard InChI is InChI=1S/C12H15ClN2OS/c1-3-8-6-9(15(2)14-8)7-10(16)11-4-5-12(13)17-11/h4-6,10,16H,3,7H2,1-2H3. The van der Waals surface area contributed by atoms with Crippen molar-refractivity contribution in [3.05, 3.63) is 38.8 Å². The average molecular weight is 271 g/mol. The zero-order chi connectivity index (χ0) is 12.4. The van der Waals surface area contributed by atoms with Crippen molar-refractivity contribution in [1.29, 1.82) is 0 Å². The van der Waals surface area contributed by atoms with E-state index >= 15 is 0 Å². The third-order valence-electron chi connectivity index (χ3n) is 2.71. The number of aromatic nitrogens is 2. The van der Waals surface area contributed by atoms with Crippen molar-refractivity contribution in [3.63, 3.8) is 0 Å². The van der Waals surface area contributed by atoms with Crippen molar-refractivity contribution in [2.24, 2.45) is 7.05 Å². The van der Waals surface area contributed by atoms with Gasteiger partial charge < -0.3 is 5.11 Å². The van der Waals surface area contributed by atoms with Gasteiger partial charge in [-0.2, -0.15) is 5.10 Å². The lowest BCUT2D eigenvalue weighted by atomic mass is 10.1. The Kier molecular flexibility index (Phi) is 3.86. The van der Waals surface area contributed by atoms with E-state index in [1.807, 2.05) is 29.9 Å². The van der Waals surface area contributed by atoms with Crippen molar-refractivity contribution >= 4 is 22.9 Å². The second-order valence-electron chi connectivity index (χ2n) is 3.97. The molecule has 3 nitrogen and oxygen atoms in total. The van der Waals surface area contributed by atoms with Gasteiger partial charge in [-0.15, -0.1) is 11.3 Å². The Labute approximate surface area is 110 Å². The second-order valence-corrected chi connectivity index (χ2v) is 5.71. The number of nitrogens with zero attached hydrogens (tertiary/aromatic N) is 2. The fourth-order valence-corrected chi connectivity index (χ4v) is 2.79. The summed E-state index contributed by atoms with van der Waals surface area (Å²) in [6.45, 7) is 2.07. The number of aryl methyl sites for hydroxylation is 2. The summed E-state index contributed by atoms with van der Waals surface area (Å²) in [5.74, 6) is 0. The highest BCUT2D eigenvalue weighted by atomic mass is 35.5. The van der Waals surface area contributed by atoms with Crippen LogP contribution in [0.2, 0.25) is 4.34 Å². The largest absolute Gasteiger partial charge is 0.387 e. The van der Waals surface area contributed by atoms with Crippen LogP contribution < -0.4 is 0 Å². The SMILES string of the molecule is CCc1cc(CC(O)c2ccc(Cl)s2)n(C)n1. The van der Waals surface area contributed by atoms with E-state index in [0.717, 1.165) is 22.7 Å². The Hall–Kier alpha value is -0.840. The first-order valence-electron chi connectivity index (χ1n) is 5.55. The van der Waals surface area contributed by atoms with E-state index in [2.05, 4.69) is 12.0 Å². The minimum absolute atomic E-state index is 0.507. The summed E-state index contributed by atoms with van der Waals surface area (Å²) in [6.07, 6.45) is 0.974. The molecule has 17 heavy (non-hydrogen) atoms. The van der Waals surface area contributed by atoms with Gasteiger partial charge in [0.25, 0.3) is 0 Å². The number of hydrogen-bond donors (Lipinski definition) is 1. The third-order valence-corrected chi connectivity index (χ3v) is 4.05. The van der Waals surface area contributed by atoms with E-state index in [1.54, 1.807) is 0 Å². The number of aliphatic hydroxyl groups is 1. The van der Waals surface area contributed by atoms with Crippen molar-refractivity contribution in [1.82, 2.24) is 9.78 Å². The van der Waals surface area contributed by atoms with Gasteiger partial charge in [-0.05, 0) is 24.6 Å². The minimum Gasteiger partial charge on any atom is -0.387 e. The number of thiophene rings is 1. The van der Waals surface area contributed by atoms with Gasteiger partial charge in [0.1, 0.15) is 0 Å². The maximum atomic E-state index is 10.1. The molecule has 2 heterocycles. The molecule has 2 aromatic rings. The van der Waals surface area contributed by atoms with Crippen LogP contribution in [0, 0.1) is 0 Å². The average Bonchev–Trinajstić information content (AvgIpc) is 2.86. The smallest absolute Gasteiger partial charge is 0.0937 e. The van der Waals surface area contributed by atoms with Crippen molar-refractivity contribution < 1.29 is 5.11 Å². The van der Waals surface area contributed by atoms with Gasteiger partial charge in [0.15, 0.2) is 0 Å². The summed E-state index contributed by atoms with van der Waals surface area (Å²) >= 11 is 7.27. The molecule has 2 aromatic heterocycles. The maximum Gasteiger partial charge on any atom is 0.0937 e. The molecule has 0 aliphatic heterocycles. The number of rotatable bonds is 4. The van der Waals surface area contributed by atoms with E-state index < -0.39 is 6.10 Å². The van der Waals surface area contributed by atoms with Crippen LogP contribution in [0.5, 0.6) is 0 Å². The minimum atomic E-state index is -0.507. The summed E-state index contributed by atoms with van der Waals surface area (Å²) in [5.41, 5.74) is 2.10. The van der Waals surface area contributed by atoms with Gasteiger partial charge in [-0.1, -0.05) is 18.5 Å². The van der Waals surface area contributed by atoms with Crippen LogP contribution in [-0.4, -0.2) is 14.9 Å². The van der Waals surface area contributed by atoms with Gasteiger partial charge in [0, 0.05) is 24.0 Å². The van der Waals surface area contributed by atoms with Gasteiger partial charge >= 0.3 is 0 Å². The summed E-state index contributed by atoms with van der Waals surface area (Å²) in [6, 6.07) is 5.72. The summed E-state index contributed by atoms with van der Waals surface area (Å²) in [4.78, 5) is 0.897. The molecule has 0 aliphatic rings. The molecule has 0 spiro atoms. The molecule has 0 radical (unpaired) electrons. The first-order valence-corrected chi connectivity index (χ1v) is 6.74. The van der Waals surface area contributed by atoms with E-state index in [9.17, 15) is 5.11 Å². The number of aliphatic hydroxyl groups excluding tert-OH is 1. The molecular weight excluding hydrogens is 256 g/mol. The van der Waals surface area contributed by atoms with Gasteiger partial charge in [-0.25, -0.2) is 0 Å². The lowest BCUT2D eigenvalue weighted by Crippen LogP contribution is -2.05. The molecule has 1 unspecified atom stereocenters. The van der Waals surface area contributed by atoms with E-state index in [-0.39, 0.29) is 0 Å². The zero-order valence-electron chi connectivity index (χ0n) is 9.85. The quantitative estimate of drug-likeness (QED) is 0.928. The molecule has 5 heteroatoms. The first-order chi connectivity index (χ1) is 8.10. The molecular formula is C12H15ClN2OS. The Morgan fingerprint density at radius 3 is 2.82 bits per heavy atom. The lowest BCUT2D eigenvalue weighted by Gasteiger charge is -2.08. The molecule has 0 amide bonds. The fourth-order valence-electron chi connectivity index (χ4n) is 1.74. The molecule has 2 rings (SSSR count). The molecule has 0 bridgehead atoms. The highest BCUT2D eigenvalue weighted by Crippen LogP contribution is 2.28. The maximum absolute atomic E-state index is 10.1. The number of hydrogen-bond acceptors (Lipinski definition) is 3. The fraction of sp³-hybridized carbons (Fsp3) is 0.417. The van der Waals surface area contributed by atoms with Gasteiger partial charge in [-0.3, -0.25) is 4.68 Å². The van der Waals surface area contributed by atoms with E-state index in [1.165, 1.54) is 11.3 Å². The van der Waals surface area contributed by atoms with Crippen LogP contribution in [0.25, 0.3) is 0 Å². The lowest BCUT2D eigenvalue weighted by molar-refractivity contribution is 0.179. The van der Waals surface area contributed by atoms with Crippen LogP contribution in [0.1, 0.15) is 29.3 Å². The van der Waals surface area contributed by atoms with Crippen LogP contribution in [-0.2, 0) is 19.9 Å². The monoisotopic (exact) mass is 270 g/mol. The summed E-state index contributed by atoms with van der Waals surface area (Å²) in [7, 11) is 1.91. The molecule has 0 fully saturated rings. The van der Waals surface area contributed by atoms with Crippen molar-refractivity contribution in [2.45, 2.75) is 25.9 Å². The molecule has 0 saturated heterocycles. The van der Waals surface area contributed by atoms with Crippen LogP contribution in [0.4, 0.5) is 0 Å². The predicted molar refractivity (Wildman–Crippen MR) is 70.6 cm³/mol. The topological polar surface area (TPSA) is 38.0 Å².